The molecule has 0 aromatic heterocycles. The minimum atomic E-state index is 0.671. The zero-order valence-corrected chi connectivity index (χ0v) is 11.2. The molecule has 1 aliphatic carbocycles. The maximum absolute atomic E-state index is 4.25. The summed E-state index contributed by atoms with van der Waals surface area (Å²) in [6, 6.07) is 0.671. The van der Waals surface area contributed by atoms with Crippen molar-refractivity contribution in [1.82, 2.24) is 10.6 Å². The summed E-state index contributed by atoms with van der Waals surface area (Å²) in [5.74, 6) is 2.61. The highest BCUT2D eigenvalue weighted by Gasteiger charge is 2.36. The second kappa shape index (κ2) is 6.77. The van der Waals surface area contributed by atoms with E-state index in [0.717, 1.165) is 24.3 Å². The Morgan fingerprint density at radius 3 is 2.75 bits per heavy atom. The molecular weight excluding hydrogens is 198 g/mol. The molecular formula is C13H27N3. The minimum Gasteiger partial charge on any atom is -0.356 e. The normalized spacial score (nSPS) is 24.7. The third-order valence-electron chi connectivity index (χ3n) is 3.14. The molecule has 0 aromatic rings. The first kappa shape index (κ1) is 13.3. The summed E-state index contributed by atoms with van der Waals surface area (Å²) >= 11 is 0. The van der Waals surface area contributed by atoms with Crippen molar-refractivity contribution in [2.45, 2.75) is 52.5 Å². The van der Waals surface area contributed by atoms with Crippen molar-refractivity contribution in [2.24, 2.45) is 16.8 Å². The summed E-state index contributed by atoms with van der Waals surface area (Å²) in [4.78, 5) is 4.25. The number of guanidine groups is 1. The number of nitrogens with zero attached hydrogens (tertiary/aromatic N) is 1. The lowest BCUT2D eigenvalue weighted by Crippen LogP contribution is -2.39. The summed E-state index contributed by atoms with van der Waals surface area (Å²) in [5, 5.41) is 6.86. The second-order valence-corrected chi connectivity index (χ2v) is 5.22. The number of hydrogen-bond acceptors (Lipinski definition) is 1. The van der Waals surface area contributed by atoms with Crippen molar-refractivity contribution >= 4 is 5.96 Å². The van der Waals surface area contributed by atoms with Gasteiger partial charge in [0.15, 0.2) is 5.96 Å². The molecule has 1 saturated carbocycles. The van der Waals surface area contributed by atoms with Crippen LogP contribution < -0.4 is 10.6 Å². The van der Waals surface area contributed by atoms with Crippen molar-refractivity contribution in [2.75, 3.05) is 13.6 Å². The first-order valence-corrected chi connectivity index (χ1v) is 6.64. The first-order valence-electron chi connectivity index (χ1n) is 6.64. The maximum atomic E-state index is 4.25. The van der Waals surface area contributed by atoms with E-state index in [4.69, 9.17) is 0 Å². The monoisotopic (exact) mass is 225 g/mol. The highest BCUT2D eigenvalue weighted by molar-refractivity contribution is 5.80. The number of aliphatic imine (C=N–C) groups is 1. The molecule has 16 heavy (non-hydrogen) atoms. The van der Waals surface area contributed by atoms with E-state index < -0.39 is 0 Å². The Hall–Kier alpha value is -0.730. The van der Waals surface area contributed by atoms with E-state index in [1.165, 1.54) is 25.7 Å². The quantitative estimate of drug-likeness (QED) is 0.538. The van der Waals surface area contributed by atoms with Gasteiger partial charge in [0, 0.05) is 19.6 Å². The van der Waals surface area contributed by atoms with Crippen LogP contribution in [0, 0.1) is 11.8 Å². The Morgan fingerprint density at radius 2 is 2.19 bits per heavy atom. The van der Waals surface area contributed by atoms with Gasteiger partial charge in [0.1, 0.15) is 0 Å². The number of hydrogen-bond donors (Lipinski definition) is 2. The van der Waals surface area contributed by atoms with E-state index in [9.17, 15) is 0 Å². The third kappa shape index (κ3) is 4.86. The van der Waals surface area contributed by atoms with Crippen LogP contribution in [0.2, 0.25) is 0 Å². The summed E-state index contributed by atoms with van der Waals surface area (Å²) in [7, 11) is 1.85. The van der Waals surface area contributed by atoms with Crippen LogP contribution in [0.3, 0.4) is 0 Å². The molecule has 1 fully saturated rings. The third-order valence-corrected chi connectivity index (χ3v) is 3.14. The molecule has 0 amide bonds. The molecule has 1 rings (SSSR count). The lowest BCUT2D eigenvalue weighted by Gasteiger charge is -2.12. The Bertz CT molecular complexity index is 223. The fourth-order valence-corrected chi connectivity index (χ4v) is 1.96. The van der Waals surface area contributed by atoms with Gasteiger partial charge in [-0.15, -0.1) is 0 Å². The second-order valence-electron chi connectivity index (χ2n) is 5.22. The lowest BCUT2D eigenvalue weighted by molar-refractivity contribution is 0.571. The predicted molar refractivity (Wildman–Crippen MR) is 70.8 cm³/mol. The van der Waals surface area contributed by atoms with Gasteiger partial charge < -0.3 is 10.6 Å². The van der Waals surface area contributed by atoms with Crippen LogP contribution in [0.15, 0.2) is 4.99 Å². The summed E-state index contributed by atoms with van der Waals surface area (Å²) in [5.41, 5.74) is 0. The molecule has 3 nitrogen and oxygen atoms in total. The van der Waals surface area contributed by atoms with Crippen molar-refractivity contribution in [1.29, 1.82) is 0 Å². The van der Waals surface area contributed by atoms with Crippen molar-refractivity contribution < 1.29 is 0 Å². The first-order chi connectivity index (χ1) is 7.67. The maximum Gasteiger partial charge on any atom is 0.191 e. The van der Waals surface area contributed by atoms with Crippen LogP contribution in [-0.2, 0) is 0 Å². The van der Waals surface area contributed by atoms with Crippen LogP contribution in [0.4, 0.5) is 0 Å². The predicted octanol–water partition coefficient (Wildman–Crippen LogP) is 2.39. The average Bonchev–Trinajstić information content (AvgIpc) is 2.95. The number of nitrogens with one attached hydrogen (secondary N) is 2. The highest BCUT2D eigenvalue weighted by Crippen LogP contribution is 2.34. The Balaban J connectivity index is 2.14. The molecule has 94 valence electrons. The van der Waals surface area contributed by atoms with Crippen LogP contribution in [0.5, 0.6) is 0 Å². The molecule has 0 saturated heterocycles. The molecule has 0 bridgehead atoms. The summed E-state index contributed by atoms with van der Waals surface area (Å²) < 4.78 is 0. The van der Waals surface area contributed by atoms with Crippen molar-refractivity contribution in [3.8, 4) is 0 Å². The van der Waals surface area contributed by atoms with Gasteiger partial charge in [0.2, 0.25) is 0 Å². The van der Waals surface area contributed by atoms with Crippen LogP contribution in [0.25, 0.3) is 0 Å². The van der Waals surface area contributed by atoms with Gasteiger partial charge >= 0.3 is 0 Å². The molecule has 0 heterocycles. The van der Waals surface area contributed by atoms with E-state index in [0.29, 0.717) is 6.04 Å². The molecule has 0 aromatic carbocycles. The molecule has 0 aliphatic heterocycles. The molecule has 1 aliphatic rings. The van der Waals surface area contributed by atoms with Gasteiger partial charge in [-0.2, -0.15) is 0 Å². The average molecular weight is 225 g/mol. The van der Waals surface area contributed by atoms with Gasteiger partial charge in [-0.1, -0.05) is 27.2 Å². The SMILES string of the molecule is CCCC1CC1NC(=NC)NCCC(C)C. The van der Waals surface area contributed by atoms with Gasteiger partial charge in [-0.3, -0.25) is 4.99 Å². The van der Waals surface area contributed by atoms with E-state index in [2.05, 4.69) is 36.4 Å². The van der Waals surface area contributed by atoms with Crippen LogP contribution in [0.1, 0.15) is 46.5 Å². The van der Waals surface area contributed by atoms with E-state index in [-0.39, 0.29) is 0 Å². The molecule has 2 atom stereocenters. The molecule has 0 radical (unpaired) electrons. The minimum absolute atomic E-state index is 0.671. The fraction of sp³-hybridized carbons (Fsp3) is 0.923. The van der Waals surface area contributed by atoms with Crippen LogP contribution >= 0.6 is 0 Å². The van der Waals surface area contributed by atoms with E-state index in [1.807, 2.05) is 7.05 Å². The Labute approximate surface area is 100 Å². The van der Waals surface area contributed by atoms with Gasteiger partial charge in [-0.25, -0.2) is 0 Å². The zero-order valence-electron chi connectivity index (χ0n) is 11.2. The molecule has 2 N–H and O–H groups in total. The summed E-state index contributed by atoms with van der Waals surface area (Å²) in [6.45, 7) is 7.76. The van der Waals surface area contributed by atoms with Crippen molar-refractivity contribution in [3.63, 3.8) is 0 Å². The summed E-state index contributed by atoms with van der Waals surface area (Å²) in [6.07, 6.45) is 5.16. The Morgan fingerprint density at radius 1 is 1.44 bits per heavy atom. The highest BCUT2D eigenvalue weighted by atomic mass is 15.2. The topological polar surface area (TPSA) is 36.4 Å². The lowest BCUT2D eigenvalue weighted by atomic mass is 10.1. The van der Waals surface area contributed by atoms with E-state index >= 15 is 0 Å². The van der Waals surface area contributed by atoms with E-state index in [1.54, 1.807) is 0 Å². The molecule has 3 heteroatoms. The Kier molecular flexibility index (Phi) is 5.64. The largest absolute Gasteiger partial charge is 0.356 e. The smallest absolute Gasteiger partial charge is 0.191 e. The van der Waals surface area contributed by atoms with Gasteiger partial charge in [0.25, 0.3) is 0 Å². The standard InChI is InChI=1S/C13H27N3/c1-5-6-11-9-12(11)16-13(14-4)15-8-7-10(2)3/h10-12H,5-9H2,1-4H3,(H2,14,15,16). The fourth-order valence-electron chi connectivity index (χ4n) is 1.96. The van der Waals surface area contributed by atoms with Crippen molar-refractivity contribution in [3.05, 3.63) is 0 Å². The molecule has 0 spiro atoms. The molecule has 2 unspecified atom stereocenters. The zero-order chi connectivity index (χ0) is 12.0. The number of rotatable bonds is 6. The van der Waals surface area contributed by atoms with Gasteiger partial charge in [0.05, 0.1) is 0 Å². The van der Waals surface area contributed by atoms with Crippen LogP contribution in [-0.4, -0.2) is 25.6 Å². The van der Waals surface area contributed by atoms with Gasteiger partial charge in [-0.05, 0) is 31.1 Å².